The summed E-state index contributed by atoms with van der Waals surface area (Å²) in [5, 5.41) is 15.3. The standard InChI is InChI=1S/C15H19FN2O3/c16-11-5-3-4-10(8-11)13(19)9-14(20)18-12-6-1-2-7-17-15(12)21/h3-5,8,12-13,19H,1-2,6-7,9H2,(H,17,21)(H,18,20). The average Bonchev–Trinajstić information content (AvgIpc) is 2.64. The summed E-state index contributed by atoms with van der Waals surface area (Å²) in [6.07, 6.45) is 1.05. The molecule has 2 atom stereocenters. The fourth-order valence-electron chi connectivity index (χ4n) is 2.34. The Hall–Kier alpha value is -1.95. The number of carbonyl (C=O) groups excluding carboxylic acids is 2. The molecule has 0 radical (unpaired) electrons. The van der Waals surface area contributed by atoms with Crippen LogP contribution in [0, 0.1) is 5.82 Å². The summed E-state index contributed by atoms with van der Waals surface area (Å²) in [6, 6.07) is 4.94. The van der Waals surface area contributed by atoms with Gasteiger partial charge in [0.15, 0.2) is 0 Å². The summed E-state index contributed by atoms with van der Waals surface area (Å²) in [5.41, 5.74) is 0.343. The molecule has 1 fully saturated rings. The molecule has 0 aromatic heterocycles. The molecule has 1 aliphatic heterocycles. The Balaban J connectivity index is 1.90. The maximum Gasteiger partial charge on any atom is 0.242 e. The second-order valence-electron chi connectivity index (χ2n) is 5.18. The van der Waals surface area contributed by atoms with Gasteiger partial charge in [-0.3, -0.25) is 9.59 Å². The summed E-state index contributed by atoms with van der Waals surface area (Å²) in [4.78, 5) is 23.6. The van der Waals surface area contributed by atoms with Crippen LogP contribution < -0.4 is 10.6 Å². The van der Waals surface area contributed by atoms with Gasteiger partial charge in [0, 0.05) is 6.54 Å². The Morgan fingerprint density at radius 1 is 1.48 bits per heavy atom. The van der Waals surface area contributed by atoms with Crippen molar-refractivity contribution in [3.63, 3.8) is 0 Å². The zero-order chi connectivity index (χ0) is 15.2. The van der Waals surface area contributed by atoms with Gasteiger partial charge in [-0.05, 0) is 37.0 Å². The zero-order valence-electron chi connectivity index (χ0n) is 11.6. The van der Waals surface area contributed by atoms with Crippen LogP contribution in [0.3, 0.4) is 0 Å². The van der Waals surface area contributed by atoms with Crippen molar-refractivity contribution in [1.29, 1.82) is 0 Å². The number of benzene rings is 1. The number of hydrogen-bond donors (Lipinski definition) is 3. The van der Waals surface area contributed by atoms with E-state index in [9.17, 15) is 19.1 Å². The van der Waals surface area contributed by atoms with Crippen molar-refractivity contribution in [3.8, 4) is 0 Å². The van der Waals surface area contributed by atoms with Crippen molar-refractivity contribution >= 4 is 11.8 Å². The van der Waals surface area contributed by atoms with Gasteiger partial charge >= 0.3 is 0 Å². The molecule has 0 aliphatic carbocycles. The predicted molar refractivity (Wildman–Crippen MR) is 74.8 cm³/mol. The van der Waals surface area contributed by atoms with E-state index in [4.69, 9.17) is 0 Å². The van der Waals surface area contributed by atoms with Crippen molar-refractivity contribution < 1.29 is 19.1 Å². The van der Waals surface area contributed by atoms with Crippen LogP contribution >= 0.6 is 0 Å². The number of carbonyl (C=O) groups is 2. The third kappa shape index (κ3) is 4.53. The Kier molecular flexibility index (Phi) is 5.27. The minimum atomic E-state index is -1.09. The van der Waals surface area contributed by atoms with E-state index in [-0.39, 0.29) is 12.3 Å². The number of aliphatic hydroxyl groups is 1. The lowest BCUT2D eigenvalue weighted by molar-refractivity contribution is -0.129. The molecule has 1 heterocycles. The molecule has 3 N–H and O–H groups in total. The SMILES string of the molecule is O=C(CC(O)c1cccc(F)c1)NC1CCCCNC1=O. The molecule has 114 valence electrons. The van der Waals surface area contributed by atoms with Crippen molar-refractivity contribution in [2.24, 2.45) is 0 Å². The Morgan fingerprint density at radius 2 is 2.29 bits per heavy atom. The topological polar surface area (TPSA) is 78.4 Å². The largest absolute Gasteiger partial charge is 0.388 e. The molecule has 1 aromatic rings. The molecule has 6 heteroatoms. The van der Waals surface area contributed by atoms with E-state index in [0.717, 1.165) is 12.8 Å². The van der Waals surface area contributed by atoms with Gasteiger partial charge in [0.25, 0.3) is 0 Å². The first-order valence-electron chi connectivity index (χ1n) is 7.07. The molecular formula is C15H19FN2O3. The molecule has 2 amide bonds. The molecule has 0 bridgehead atoms. The Bertz CT molecular complexity index is 521. The highest BCUT2D eigenvalue weighted by Crippen LogP contribution is 2.17. The maximum atomic E-state index is 13.1. The Morgan fingerprint density at radius 3 is 3.05 bits per heavy atom. The first-order chi connectivity index (χ1) is 10.1. The number of amides is 2. The van der Waals surface area contributed by atoms with E-state index >= 15 is 0 Å². The summed E-state index contributed by atoms with van der Waals surface area (Å²) in [6.45, 7) is 0.622. The van der Waals surface area contributed by atoms with Gasteiger partial charge in [0.2, 0.25) is 11.8 Å². The summed E-state index contributed by atoms with van der Waals surface area (Å²) in [7, 11) is 0. The molecule has 21 heavy (non-hydrogen) atoms. The van der Waals surface area contributed by atoms with Gasteiger partial charge in [-0.25, -0.2) is 4.39 Å². The third-order valence-corrected chi connectivity index (χ3v) is 3.48. The first-order valence-corrected chi connectivity index (χ1v) is 7.07. The van der Waals surface area contributed by atoms with Gasteiger partial charge in [-0.15, -0.1) is 0 Å². The van der Waals surface area contributed by atoms with Gasteiger partial charge in [0.1, 0.15) is 11.9 Å². The molecule has 1 aliphatic rings. The van der Waals surface area contributed by atoms with Crippen LogP contribution in [0.2, 0.25) is 0 Å². The molecule has 1 aromatic carbocycles. The molecule has 0 spiro atoms. The Labute approximate surface area is 122 Å². The monoisotopic (exact) mass is 294 g/mol. The van der Waals surface area contributed by atoms with Gasteiger partial charge in [-0.1, -0.05) is 12.1 Å². The summed E-state index contributed by atoms with van der Waals surface area (Å²) < 4.78 is 13.1. The van der Waals surface area contributed by atoms with Gasteiger partial charge in [0.05, 0.1) is 12.5 Å². The van der Waals surface area contributed by atoms with Crippen LogP contribution in [0.4, 0.5) is 4.39 Å². The fraction of sp³-hybridized carbons (Fsp3) is 0.467. The second kappa shape index (κ2) is 7.17. The van der Waals surface area contributed by atoms with Crippen LogP contribution in [0.5, 0.6) is 0 Å². The van der Waals surface area contributed by atoms with Crippen molar-refractivity contribution in [2.75, 3.05) is 6.54 Å². The van der Waals surface area contributed by atoms with E-state index in [1.54, 1.807) is 6.07 Å². The summed E-state index contributed by atoms with van der Waals surface area (Å²) >= 11 is 0. The first kappa shape index (κ1) is 15.4. The highest BCUT2D eigenvalue weighted by Gasteiger charge is 2.23. The van der Waals surface area contributed by atoms with Crippen molar-refractivity contribution in [1.82, 2.24) is 10.6 Å². The van der Waals surface area contributed by atoms with Gasteiger partial charge in [-0.2, -0.15) is 0 Å². The quantitative estimate of drug-likeness (QED) is 0.776. The molecule has 1 saturated heterocycles. The van der Waals surface area contributed by atoms with Crippen LogP contribution in [-0.2, 0) is 9.59 Å². The zero-order valence-corrected chi connectivity index (χ0v) is 11.6. The predicted octanol–water partition coefficient (Wildman–Crippen LogP) is 1.03. The van der Waals surface area contributed by atoms with Crippen LogP contribution in [0.25, 0.3) is 0 Å². The normalized spacial score (nSPS) is 20.3. The lowest BCUT2D eigenvalue weighted by Gasteiger charge is -2.17. The van der Waals surface area contributed by atoms with Crippen LogP contribution in [0.1, 0.15) is 37.4 Å². The molecule has 0 saturated carbocycles. The highest BCUT2D eigenvalue weighted by molar-refractivity contribution is 5.87. The third-order valence-electron chi connectivity index (χ3n) is 3.48. The van der Waals surface area contributed by atoms with Crippen LogP contribution in [0.15, 0.2) is 24.3 Å². The minimum Gasteiger partial charge on any atom is -0.388 e. The molecule has 2 rings (SSSR count). The highest BCUT2D eigenvalue weighted by atomic mass is 19.1. The lowest BCUT2D eigenvalue weighted by Crippen LogP contribution is -2.45. The number of halogens is 1. The average molecular weight is 294 g/mol. The van der Waals surface area contributed by atoms with E-state index < -0.39 is 23.9 Å². The molecule has 5 nitrogen and oxygen atoms in total. The fourth-order valence-corrected chi connectivity index (χ4v) is 2.34. The van der Waals surface area contributed by atoms with E-state index in [1.807, 2.05) is 0 Å². The van der Waals surface area contributed by atoms with E-state index in [1.165, 1.54) is 18.2 Å². The smallest absolute Gasteiger partial charge is 0.242 e. The van der Waals surface area contributed by atoms with Crippen molar-refractivity contribution in [2.45, 2.75) is 37.8 Å². The maximum absolute atomic E-state index is 13.1. The minimum absolute atomic E-state index is 0.193. The van der Waals surface area contributed by atoms with Crippen LogP contribution in [-0.4, -0.2) is 29.5 Å². The van der Waals surface area contributed by atoms with Crippen molar-refractivity contribution in [3.05, 3.63) is 35.6 Å². The lowest BCUT2D eigenvalue weighted by atomic mass is 10.1. The van der Waals surface area contributed by atoms with E-state index in [2.05, 4.69) is 10.6 Å². The molecular weight excluding hydrogens is 275 g/mol. The molecule has 2 unspecified atom stereocenters. The van der Waals surface area contributed by atoms with Gasteiger partial charge < -0.3 is 15.7 Å². The second-order valence-corrected chi connectivity index (χ2v) is 5.18. The number of rotatable bonds is 4. The number of hydrogen-bond acceptors (Lipinski definition) is 3. The van der Waals surface area contributed by atoms with E-state index in [0.29, 0.717) is 18.5 Å². The number of aliphatic hydroxyl groups excluding tert-OH is 1. The summed E-state index contributed by atoms with van der Waals surface area (Å²) in [5.74, 6) is -1.08. The number of nitrogens with one attached hydrogen (secondary N) is 2.